The topological polar surface area (TPSA) is 35.5 Å². The lowest BCUT2D eigenvalue weighted by Crippen LogP contribution is -2.25. The molecule has 0 amide bonds. The molecule has 0 radical (unpaired) electrons. The molecule has 1 aromatic carbocycles. The molecule has 3 nitrogen and oxygen atoms in total. The van der Waals surface area contributed by atoms with E-state index < -0.39 is 0 Å². The van der Waals surface area contributed by atoms with Crippen molar-refractivity contribution in [2.24, 2.45) is 5.92 Å². The summed E-state index contributed by atoms with van der Waals surface area (Å²) in [6, 6.07) is 9.72. The lowest BCUT2D eigenvalue weighted by molar-refractivity contribution is -0.151. The molecule has 0 saturated heterocycles. The minimum atomic E-state index is -0.134. The summed E-state index contributed by atoms with van der Waals surface area (Å²) in [6.07, 6.45) is 5.48. The van der Waals surface area contributed by atoms with Gasteiger partial charge in [-0.1, -0.05) is 42.5 Å². The zero-order valence-corrected chi connectivity index (χ0v) is 10.5. The molecule has 2 rings (SSSR count). The maximum Gasteiger partial charge on any atom is 0.309 e. The van der Waals surface area contributed by atoms with Crippen LogP contribution in [0.15, 0.2) is 42.5 Å². The van der Waals surface area contributed by atoms with Crippen LogP contribution in [0, 0.1) is 5.92 Å². The Kier molecular flexibility index (Phi) is 4.53. The number of esters is 1. The fraction of sp³-hybridized carbons (Fsp3) is 0.400. The van der Waals surface area contributed by atoms with Crippen molar-refractivity contribution in [3.05, 3.63) is 48.0 Å². The summed E-state index contributed by atoms with van der Waals surface area (Å²) < 4.78 is 10.6. The maximum absolute atomic E-state index is 11.9. The van der Waals surface area contributed by atoms with E-state index >= 15 is 0 Å². The normalized spacial score (nSPS) is 22.7. The predicted octanol–water partition coefficient (Wildman–Crippen LogP) is 2.71. The molecular formula is C15H18O3. The first-order valence-electron chi connectivity index (χ1n) is 6.19. The van der Waals surface area contributed by atoms with Gasteiger partial charge in [-0.05, 0) is 18.4 Å². The van der Waals surface area contributed by atoms with Crippen LogP contribution >= 0.6 is 0 Å². The number of benzene rings is 1. The molecule has 2 atom stereocenters. The lowest BCUT2D eigenvalue weighted by atomic mass is 9.92. The van der Waals surface area contributed by atoms with Gasteiger partial charge in [0.1, 0.15) is 6.61 Å². The van der Waals surface area contributed by atoms with Crippen molar-refractivity contribution in [2.45, 2.75) is 25.6 Å². The largest absolute Gasteiger partial charge is 0.461 e. The quantitative estimate of drug-likeness (QED) is 0.605. The molecule has 1 aliphatic carbocycles. The van der Waals surface area contributed by atoms with Crippen LogP contribution in [-0.2, 0) is 20.9 Å². The summed E-state index contributed by atoms with van der Waals surface area (Å²) in [5, 5.41) is 0. The monoisotopic (exact) mass is 246 g/mol. The van der Waals surface area contributed by atoms with E-state index in [9.17, 15) is 4.79 Å². The van der Waals surface area contributed by atoms with Crippen LogP contribution < -0.4 is 0 Å². The first-order chi connectivity index (χ1) is 8.79. The third-order valence-electron chi connectivity index (χ3n) is 3.15. The van der Waals surface area contributed by atoms with Crippen molar-refractivity contribution >= 4 is 5.97 Å². The van der Waals surface area contributed by atoms with E-state index in [4.69, 9.17) is 9.47 Å². The van der Waals surface area contributed by atoms with Gasteiger partial charge in [0, 0.05) is 7.11 Å². The van der Waals surface area contributed by atoms with Crippen LogP contribution in [0.2, 0.25) is 0 Å². The second kappa shape index (κ2) is 6.36. The van der Waals surface area contributed by atoms with Crippen molar-refractivity contribution in [3.8, 4) is 0 Å². The number of carbonyl (C=O) groups excluding carboxylic acids is 1. The van der Waals surface area contributed by atoms with Gasteiger partial charge in [0.2, 0.25) is 0 Å². The van der Waals surface area contributed by atoms with Gasteiger partial charge in [-0.25, -0.2) is 0 Å². The number of allylic oxidation sites excluding steroid dienone is 1. The molecule has 18 heavy (non-hydrogen) atoms. The van der Waals surface area contributed by atoms with Crippen LogP contribution in [0.4, 0.5) is 0 Å². The number of hydrogen-bond donors (Lipinski definition) is 0. The van der Waals surface area contributed by atoms with E-state index in [0.29, 0.717) is 13.0 Å². The molecule has 0 heterocycles. The molecule has 0 spiro atoms. The van der Waals surface area contributed by atoms with Crippen molar-refractivity contribution < 1.29 is 14.3 Å². The highest BCUT2D eigenvalue weighted by atomic mass is 16.5. The van der Waals surface area contributed by atoms with Crippen molar-refractivity contribution in [1.82, 2.24) is 0 Å². The fourth-order valence-electron chi connectivity index (χ4n) is 2.06. The number of carbonyl (C=O) groups is 1. The first kappa shape index (κ1) is 12.8. The average Bonchev–Trinajstić information content (AvgIpc) is 2.46. The Balaban J connectivity index is 1.83. The van der Waals surface area contributed by atoms with Gasteiger partial charge < -0.3 is 9.47 Å². The first-order valence-corrected chi connectivity index (χ1v) is 6.19. The summed E-state index contributed by atoms with van der Waals surface area (Å²) in [5.74, 6) is -0.214. The van der Waals surface area contributed by atoms with Gasteiger partial charge in [-0.2, -0.15) is 0 Å². The Hall–Kier alpha value is -1.61. The Labute approximate surface area is 107 Å². The maximum atomic E-state index is 11.9. The Morgan fingerprint density at radius 1 is 1.33 bits per heavy atom. The van der Waals surface area contributed by atoms with Crippen LogP contribution in [0.25, 0.3) is 0 Å². The van der Waals surface area contributed by atoms with E-state index in [2.05, 4.69) is 0 Å². The van der Waals surface area contributed by atoms with Crippen LogP contribution in [0.3, 0.4) is 0 Å². The zero-order valence-electron chi connectivity index (χ0n) is 10.5. The van der Waals surface area contributed by atoms with Crippen LogP contribution in [0.1, 0.15) is 18.4 Å². The van der Waals surface area contributed by atoms with E-state index in [0.717, 1.165) is 12.0 Å². The van der Waals surface area contributed by atoms with Crippen molar-refractivity contribution in [1.29, 1.82) is 0 Å². The molecule has 2 unspecified atom stereocenters. The summed E-state index contributed by atoms with van der Waals surface area (Å²) in [4.78, 5) is 11.9. The Morgan fingerprint density at radius 2 is 2.11 bits per heavy atom. The summed E-state index contributed by atoms with van der Waals surface area (Å²) in [6.45, 7) is 0.345. The number of hydrogen-bond acceptors (Lipinski definition) is 3. The molecule has 0 aliphatic heterocycles. The number of methoxy groups -OCH3 is 1. The van der Waals surface area contributed by atoms with Crippen molar-refractivity contribution in [3.63, 3.8) is 0 Å². The minimum Gasteiger partial charge on any atom is -0.461 e. The standard InChI is InChI=1S/C15H18O3/c1-17-14-9-5-8-13(10-14)15(16)18-11-12-6-3-2-4-7-12/h2-7,9,13-14H,8,10-11H2,1H3. The number of ether oxygens (including phenoxy) is 2. The highest BCUT2D eigenvalue weighted by Gasteiger charge is 2.25. The lowest BCUT2D eigenvalue weighted by Gasteiger charge is -2.22. The van der Waals surface area contributed by atoms with E-state index in [-0.39, 0.29) is 18.0 Å². The molecule has 0 N–H and O–H groups in total. The Morgan fingerprint density at radius 3 is 2.83 bits per heavy atom. The smallest absolute Gasteiger partial charge is 0.309 e. The molecule has 0 bridgehead atoms. The average molecular weight is 246 g/mol. The third kappa shape index (κ3) is 3.44. The fourth-order valence-corrected chi connectivity index (χ4v) is 2.06. The second-order valence-electron chi connectivity index (χ2n) is 4.46. The van der Waals surface area contributed by atoms with Gasteiger partial charge in [-0.3, -0.25) is 4.79 Å². The van der Waals surface area contributed by atoms with Gasteiger partial charge in [0.15, 0.2) is 0 Å². The molecule has 3 heteroatoms. The van der Waals surface area contributed by atoms with E-state index in [1.807, 2.05) is 42.5 Å². The van der Waals surface area contributed by atoms with Gasteiger partial charge in [-0.15, -0.1) is 0 Å². The van der Waals surface area contributed by atoms with Crippen LogP contribution in [0.5, 0.6) is 0 Å². The Bertz CT molecular complexity index is 411. The molecule has 1 aliphatic rings. The van der Waals surface area contributed by atoms with Gasteiger partial charge in [0.05, 0.1) is 12.0 Å². The van der Waals surface area contributed by atoms with Crippen LogP contribution in [-0.4, -0.2) is 19.2 Å². The van der Waals surface area contributed by atoms with Crippen molar-refractivity contribution in [2.75, 3.05) is 7.11 Å². The van der Waals surface area contributed by atoms with Gasteiger partial charge in [0.25, 0.3) is 0 Å². The molecule has 0 aromatic heterocycles. The predicted molar refractivity (Wildman–Crippen MR) is 68.9 cm³/mol. The highest BCUT2D eigenvalue weighted by molar-refractivity contribution is 5.73. The SMILES string of the molecule is COC1C=CCC(C(=O)OCc2ccccc2)C1. The summed E-state index contributed by atoms with van der Waals surface area (Å²) in [5.41, 5.74) is 1.01. The summed E-state index contributed by atoms with van der Waals surface area (Å²) >= 11 is 0. The highest BCUT2D eigenvalue weighted by Crippen LogP contribution is 2.22. The molecule has 96 valence electrons. The van der Waals surface area contributed by atoms with E-state index in [1.165, 1.54) is 0 Å². The number of rotatable bonds is 4. The minimum absolute atomic E-state index is 0.0352. The van der Waals surface area contributed by atoms with E-state index in [1.54, 1.807) is 7.11 Å². The second-order valence-corrected chi connectivity index (χ2v) is 4.46. The summed E-state index contributed by atoms with van der Waals surface area (Å²) in [7, 11) is 1.66. The van der Waals surface area contributed by atoms with Gasteiger partial charge >= 0.3 is 5.97 Å². The third-order valence-corrected chi connectivity index (χ3v) is 3.15. The zero-order chi connectivity index (χ0) is 12.8. The molecule has 1 aromatic rings. The molecule has 0 fully saturated rings. The molecule has 0 saturated carbocycles. The molecular weight excluding hydrogens is 228 g/mol.